The molecule has 0 radical (unpaired) electrons. The van der Waals surface area contributed by atoms with Crippen LogP contribution < -0.4 is 10.1 Å². The van der Waals surface area contributed by atoms with E-state index in [0.29, 0.717) is 5.75 Å². The Kier molecular flexibility index (Phi) is 3.29. The second-order valence-corrected chi connectivity index (χ2v) is 3.89. The number of hydrogen-bond acceptors (Lipinski definition) is 3. The van der Waals surface area contributed by atoms with Crippen molar-refractivity contribution in [2.45, 2.75) is 25.4 Å². The van der Waals surface area contributed by atoms with Crippen molar-refractivity contribution in [3.63, 3.8) is 0 Å². The number of phenolic OH excluding ortho intramolecular Hbond substituents is 1. The molecular weight excluding hydrogens is 206 g/mol. The Morgan fingerprint density at radius 1 is 1.25 bits per heavy atom. The zero-order valence-corrected chi connectivity index (χ0v) is 8.98. The lowest BCUT2D eigenvalue weighted by molar-refractivity contribution is -0.127. The molecule has 1 aromatic carbocycles. The summed E-state index contributed by atoms with van der Waals surface area (Å²) in [5, 5.41) is 11.9. The average molecular weight is 221 g/mol. The van der Waals surface area contributed by atoms with Gasteiger partial charge in [0.1, 0.15) is 11.5 Å². The Morgan fingerprint density at radius 2 is 2.00 bits per heavy atom. The van der Waals surface area contributed by atoms with Crippen molar-refractivity contribution in [1.29, 1.82) is 0 Å². The first-order chi connectivity index (χ1) is 7.75. The molecule has 1 aliphatic heterocycles. The van der Waals surface area contributed by atoms with Crippen LogP contribution in [0.3, 0.4) is 0 Å². The molecule has 4 heteroatoms. The van der Waals surface area contributed by atoms with Crippen molar-refractivity contribution in [3.8, 4) is 11.5 Å². The average Bonchev–Trinajstić information content (AvgIpc) is 2.48. The van der Waals surface area contributed by atoms with Crippen molar-refractivity contribution in [1.82, 2.24) is 5.32 Å². The van der Waals surface area contributed by atoms with Gasteiger partial charge >= 0.3 is 0 Å². The topological polar surface area (TPSA) is 58.6 Å². The Morgan fingerprint density at radius 3 is 2.75 bits per heavy atom. The van der Waals surface area contributed by atoms with Crippen LogP contribution in [0.25, 0.3) is 0 Å². The molecule has 1 aromatic rings. The molecule has 1 aliphatic rings. The third-order valence-electron chi connectivity index (χ3n) is 2.60. The summed E-state index contributed by atoms with van der Waals surface area (Å²) in [4.78, 5) is 11.6. The highest BCUT2D eigenvalue weighted by molar-refractivity contribution is 5.81. The third kappa shape index (κ3) is 2.66. The molecule has 16 heavy (non-hydrogen) atoms. The molecule has 0 aliphatic carbocycles. The zero-order valence-electron chi connectivity index (χ0n) is 8.98. The van der Waals surface area contributed by atoms with Crippen LogP contribution in [0.2, 0.25) is 0 Å². The maximum atomic E-state index is 11.6. The summed E-state index contributed by atoms with van der Waals surface area (Å²) in [6.07, 6.45) is 2.32. The Balaban J connectivity index is 2.02. The Hall–Kier alpha value is -1.71. The van der Waals surface area contributed by atoms with E-state index in [1.165, 1.54) is 0 Å². The first-order valence-electron chi connectivity index (χ1n) is 5.49. The van der Waals surface area contributed by atoms with Gasteiger partial charge < -0.3 is 15.2 Å². The van der Waals surface area contributed by atoms with Gasteiger partial charge in [0.25, 0.3) is 5.91 Å². The minimum atomic E-state index is -0.410. The number of aromatic hydroxyl groups is 1. The second-order valence-electron chi connectivity index (χ2n) is 3.89. The van der Waals surface area contributed by atoms with Gasteiger partial charge in [0.15, 0.2) is 6.10 Å². The van der Waals surface area contributed by atoms with Crippen molar-refractivity contribution in [2.75, 3.05) is 6.54 Å². The van der Waals surface area contributed by atoms with Gasteiger partial charge in [-0.15, -0.1) is 0 Å². The lowest BCUT2D eigenvalue weighted by Gasteiger charge is -2.15. The van der Waals surface area contributed by atoms with Gasteiger partial charge in [0.2, 0.25) is 0 Å². The predicted octanol–water partition coefficient (Wildman–Crippen LogP) is 1.44. The van der Waals surface area contributed by atoms with E-state index in [2.05, 4.69) is 5.32 Å². The molecule has 0 saturated carbocycles. The molecule has 0 unspecified atom stereocenters. The number of amides is 1. The largest absolute Gasteiger partial charge is 0.508 e. The van der Waals surface area contributed by atoms with Gasteiger partial charge in [0, 0.05) is 6.54 Å². The zero-order chi connectivity index (χ0) is 11.4. The highest BCUT2D eigenvalue weighted by Gasteiger charge is 2.21. The van der Waals surface area contributed by atoms with E-state index in [0.717, 1.165) is 25.8 Å². The quantitative estimate of drug-likeness (QED) is 0.794. The molecule has 1 atom stereocenters. The maximum absolute atomic E-state index is 11.6. The van der Waals surface area contributed by atoms with Crippen LogP contribution in [0.1, 0.15) is 19.3 Å². The van der Waals surface area contributed by atoms with Crippen LogP contribution in [0, 0.1) is 0 Å². The predicted molar refractivity (Wildman–Crippen MR) is 59.4 cm³/mol. The number of carbonyl (C=O) groups excluding carboxylic acids is 1. The number of ether oxygens (including phenoxy) is 1. The molecule has 2 rings (SSSR count). The molecule has 2 N–H and O–H groups in total. The second kappa shape index (κ2) is 4.88. The molecule has 1 amide bonds. The van der Waals surface area contributed by atoms with Crippen LogP contribution in [0.5, 0.6) is 11.5 Å². The summed E-state index contributed by atoms with van der Waals surface area (Å²) >= 11 is 0. The smallest absolute Gasteiger partial charge is 0.261 e. The Bertz CT molecular complexity index is 361. The van der Waals surface area contributed by atoms with Crippen molar-refractivity contribution in [2.24, 2.45) is 0 Å². The standard InChI is InChI=1S/C12H15NO3/c14-9-4-6-10(7-5-9)16-11-3-1-2-8-13-12(11)15/h4-7,11,14H,1-3,8H2,(H,13,15)/t11-/m1/s1. The van der Waals surface area contributed by atoms with Gasteiger partial charge in [-0.3, -0.25) is 4.79 Å². The molecule has 86 valence electrons. The van der Waals surface area contributed by atoms with Gasteiger partial charge in [-0.25, -0.2) is 0 Å². The van der Waals surface area contributed by atoms with E-state index in [4.69, 9.17) is 9.84 Å². The van der Waals surface area contributed by atoms with Crippen molar-refractivity contribution in [3.05, 3.63) is 24.3 Å². The number of hydrogen-bond donors (Lipinski definition) is 2. The van der Waals surface area contributed by atoms with Crippen LogP contribution in [-0.2, 0) is 4.79 Å². The maximum Gasteiger partial charge on any atom is 0.261 e. The lowest BCUT2D eigenvalue weighted by atomic mass is 10.2. The number of rotatable bonds is 2. The summed E-state index contributed by atoms with van der Waals surface area (Å²) in [5.74, 6) is 0.753. The first kappa shape index (κ1) is 10.8. The summed E-state index contributed by atoms with van der Waals surface area (Å²) in [6.45, 7) is 0.730. The monoisotopic (exact) mass is 221 g/mol. The van der Waals surface area contributed by atoms with E-state index in [9.17, 15) is 4.79 Å². The first-order valence-corrected chi connectivity index (χ1v) is 5.49. The highest BCUT2D eigenvalue weighted by atomic mass is 16.5. The normalized spacial score (nSPS) is 21.0. The van der Waals surface area contributed by atoms with Gasteiger partial charge in [0.05, 0.1) is 0 Å². The number of nitrogens with one attached hydrogen (secondary N) is 1. The van der Waals surface area contributed by atoms with Crippen molar-refractivity contribution >= 4 is 5.91 Å². The number of carbonyl (C=O) groups is 1. The molecule has 1 saturated heterocycles. The number of phenols is 1. The van der Waals surface area contributed by atoms with Gasteiger partial charge in [-0.1, -0.05) is 0 Å². The number of benzene rings is 1. The van der Waals surface area contributed by atoms with Crippen LogP contribution in [-0.4, -0.2) is 23.7 Å². The van der Waals surface area contributed by atoms with Crippen LogP contribution in [0.4, 0.5) is 0 Å². The van der Waals surface area contributed by atoms with E-state index in [1.54, 1.807) is 24.3 Å². The lowest BCUT2D eigenvalue weighted by Crippen LogP contribution is -2.36. The fraction of sp³-hybridized carbons (Fsp3) is 0.417. The van der Waals surface area contributed by atoms with E-state index >= 15 is 0 Å². The molecule has 1 heterocycles. The summed E-state index contributed by atoms with van der Waals surface area (Å²) < 4.78 is 5.58. The van der Waals surface area contributed by atoms with Gasteiger partial charge in [-0.05, 0) is 43.5 Å². The van der Waals surface area contributed by atoms with Crippen LogP contribution >= 0.6 is 0 Å². The van der Waals surface area contributed by atoms with Crippen LogP contribution in [0.15, 0.2) is 24.3 Å². The minimum Gasteiger partial charge on any atom is -0.508 e. The molecule has 1 fully saturated rings. The van der Waals surface area contributed by atoms with E-state index in [1.807, 2.05) is 0 Å². The molecular formula is C12H15NO3. The highest BCUT2D eigenvalue weighted by Crippen LogP contribution is 2.19. The third-order valence-corrected chi connectivity index (χ3v) is 2.60. The SMILES string of the molecule is O=C1NCCCC[C@H]1Oc1ccc(O)cc1. The minimum absolute atomic E-state index is 0.0504. The molecule has 4 nitrogen and oxygen atoms in total. The molecule has 0 spiro atoms. The molecule has 0 aromatic heterocycles. The van der Waals surface area contributed by atoms with Gasteiger partial charge in [-0.2, -0.15) is 0 Å². The summed E-state index contributed by atoms with van der Waals surface area (Å²) in [6, 6.07) is 6.41. The van der Waals surface area contributed by atoms with Crippen molar-refractivity contribution < 1.29 is 14.6 Å². The Labute approximate surface area is 94.2 Å². The molecule has 0 bridgehead atoms. The summed E-state index contributed by atoms with van der Waals surface area (Å²) in [7, 11) is 0. The summed E-state index contributed by atoms with van der Waals surface area (Å²) in [5.41, 5.74) is 0. The van der Waals surface area contributed by atoms with E-state index in [-0.39, 0.29) is 11.7 Å². The van der Waals surface area contributed by atoms with E-state index < -0.39 is 6.10 Å². The fourth-order valence-electron chi connectivity index (χ4n) is 1.71. The fourth-order valence-corrected chi connectivity index (χ4v) is 1.71.